The van der Waals surface area contributed by atoms with Gasteiger partial charge in [-0.2, -0.15) is 10.2 Å². The summed E-state index contributed by atoms with van der Waals surface area (Å²) < 4.78 is 15.6. The smallest absolute Gasteiger partial charge is 0.155 e. The SMILES string of the molecule is Cn1cc(-c2cnc3[nH]nc(-c4cc5c(-c6cccc(F)c6)cccc5[nH]4)c3c2)cn1. The summed E-state index contributed by atoms with van der Waals surface area (Å²) in [5.74, 6) is -0.252. The molecule has 31 heavy (non-hydrogen) atoms. The van der Waals surface area contributed by atoms with Crippen molar-refractivity contribution in [3.63, 3.8) is 0 Å². The average Bonchev–Trinajstić information content (AvgIpc) is 3.50. The molecule has 0 spiro atoms. The molecule has 7 heteroatoms. The fourth-order valence-corrected chi connectivity index (χ4v) is 4.03. The van der Waals surface area contributed by atoms with E-state index in [1.807, 2.05) is 49.9 Å². The van der Waals surface area contributed by atoms with Crippen LogP contribution in [-0.2, 0) is 7.05 Å². The normalized spacial score (nSPS) is 11.5. The van der Waals surface area contributed by atoms with Crippen molar-refractivity contribution in [1.82, 2.24) is 29.9 Å². The van der Waals surface area contributed by atoms with E-state index in [1.165, 1.54) is 6.07 Å². The maximum atomic E-state index is 13.8. The number of aryl methyl sites for hydroxylation is 1. The number of hydrogen-bond acceptors (Lipinski definition) is 3. The van der Waals surface area contributed by atoms with Gasteiger partial charge in [0.2, 0.25) is 0 Å². The van der Waals surface area contributed by atoms with Gasteiger partial charge in [0.1, 0.15) is 11.5 Å². The number of nitrogens with one attached hydrogen (secondary N) is 2. The molecule has 6 aromatic rings. The zero-order valence-corrected chi connectivity index (χ0v) is 16.6. The number of halogens is 1. The summed E-state index contributed by atoms with van der Waals surface area (Å²) in [7, 11) is 1.89. The van der Waals surface area contributed by atoms with Crippen molar-refractivity contribution < 1.29 is 4.39 Å². The lowest BCUT2D eigenvalue weighted by Gasteiger charge is -2.03. The number of H-pyrrole nitrogens is 2. The monoisotopic (exact) mass is 408 g/mol. The predicted molar refractivity (Wildman–Crippen MR) is 119 cm³/mol. The van der Waals surface area contributed by atoms with Crippen molar-refractivity contribution >= 4 is 21.9 Å². The molecule has 0 atom stereocenters. The first-order valence-electron chi connectivity index (χ1n) is 9.87. The van der Waals surface area contributed by atoms with Crippen LogP contribution in [0, 0.1) is 5.82 Å². The second kappa shape index (κ2) is 6.63. The molecule has 6 nitrogen and oxygen atoms in total. The first kappa shape index (κ1) is 17.6. The molecule has 4 aromatic heterocycles. The van der Waals surface area contributed by atoms with Gasteiger partial charge in [-0.3, -0.25) is 9.78 Å². The summed E-state index contributed by atoms with van der Waals surface area (Å²) >= 11 is 0. The predicted octanol–water partition coefficient (Wildman–Crippen LogP) is 5.31. The van der Waals surface area contributed by atoms with Crippen LogP contribution in [0.15, 0.2) is 73.2 Å². The minimum absolute atomic E-state index is 0.252. The van der Waals surface area contributed by atoms with Crippen LogP contribution in [0.3, 0.4) is 0 Å². The van der Waals surface area contributed by atoms with Crippen LogP contribution < -0.4 is 0 Å². The minimum Gasteiger partial charge on any atom is -0.353 e. The Bertz CT molecular complexity index is 1570. The number of aromatic amines is 2. The van der Waals surface area contributed by atoms with Crippen molar-refractivity contribution in [1.29, 1.82) is 0 Å². The molecule has 6 rings (SSSR count). The standard InChI is InChI=1S/C24H17FN6/c1-31-13-16(12-27-31)15-9-20-23(29-30-24(20)26-11-15)22-10-19-18(6-3-7-21(19)28-22)14-4-2-5-17(25)8-14/h2-13,28H,1H3,(H,26,29,30). The van der Waals surface area contributed by atoms with E-state index in [2.05, 4.69) is 37.4 Å². The zero-order valence-electron chi connectivity index (χ0n) is 16.6. The Kier molecular flexibility index (Phi) is 3.76. The van der Waals surface area contributed by atoms with E-state index in [4.69, 9.17) is 0 Å². The quantitative estimate of drug-likeness (QED) is 0.417. The van der Waals surface area contributed by atoms with Gasteiger partial charge in [-0.05, 0) is 41.5 Å². The van der Waals surface area contributed by atoms with E-state index >= 15 is 0 Å². The molecule has 0 aliphatic carbocycles. The molecule has 150 valence electrons. The van der Waals surface area contributed by atoms with Crippen molar-refractivity contribution in [2.45, 2.75) is 0 Å². The molecule has 0 fully saturated rings. The third-order valence-corrected chi connectivity index (χ3v) is 5.51. The second-order valence-electron chi connectivity index (χ2n) is 7.56. The Labute approximate surface area is 176 Å². The van der Waals surface area contributed by atoms with E-state index in [-0.39, 0.29) is 5.82 Å². The Morgan fingerprint density at radius 1 is 0.903 bits per heavy atom. The third kappa shape index (κ3) is 2.90. The van der Waals surface area contributed by atoms with Gasteiger partial charge < -0.3 is 4.98 Å². The van der Waals surface area contributed by atoms with Gasteiger partial charge in [0.05, 0.1) is 11.9 Å². The summed E-state index contributed by atoms with van der Waals surface area (Å²) in [6, 6.07) is 16.7. The highest BCUT2D eigenvalue weighted by molar-refractivity contribution is 6.01. The van der Waals surface area contributed by atoms with Gasteiger partial charge in [0.25, 0.3) is 0 Å². The van der Waals surface area contributed by atoms with E-state index in [0.29, 0.717) is 5.65 Å². The van der Waals surface area contributed by atoms with E-state index in [1.54, 1.807) is 16.8 Å². The van der Waals surface area contributed by atoms with E-state index in [0.717, 1.165) is 49.9 Å². The fourth-order valence-electron chi connectivity index (χ4n) is 4.03. The van der Waals surface area contributed by atoms with Gasteiger partial charge in [0, 0.05) is 46.9 Å². The minimum atomic E-state index is -0.252. The average molecular weight is 408 g/mol. The number of pyridine rings is 1. The first-order valence-corrected chi connectivity index (χ1v) is 9.87. The van der Waals surface area contributed by atoms with Crippen LogP contribution in [0.5, 0.6) is 0 Å². The highest BCUT2D eigenvalue weighted by Crippen LogP contribution is 2.34. The molecule has 0 amide bonds. The topological polar surface area (TPSA) is 75.2 Å². The van der Waals surface area contributed by atoms with E-state index < -0.39 is 0 Å². The largest absolute Gasteiger partial charge is 0.353 e. The van der Waals surface area contributed by atoms with Crippen molar-refractivity contribution in [2.24, 2.45) is 7.05 Å². The number of aromatic nitrogens is 6. The van der Waals surface area contributed by atoms with Crippen LogP contribution in [0.25, 0.3) is 55.6 Å². The van der Waals surface area contributed by atoms with Crippen LogP contribution in [-0.4, -0.2) is 29.9 Å². The molecular formula is C24H17FN6. The number of rotatable bonds is 3. The summed E-state index contributed by atoms with van der Waals surface area (Å²) in [5.41, 5.74) is 7.10. The van der Waals surface area contributed by atoms with Crippen LogP contribution in [0.1, 0.15) is 0 Å². The second-order valence-corrected chi connectivity index (χ2v) is 7.56. The number of hydrogen-bond donors (Lipinski definition) is 2. The Hall–Kier alpha value is -4.26. The Morgan fingerprint density at radius 2 is 1.81 bits per heavy atom. The van der Waals surface area contributed by atoms with Crippen molar-refractivity contribution in [3.8, 4) is 33.6 Å². The Morgan fingerprint density at radius 3 is 2.65 bits per heavy atom. The number of nitrogens with zero attached hydrogens (tertiary/aromatic N) is 4. The molecule has 0 bridgehead atoms. The molecule has 2 aromatic carbocycles. The molecule has 0 unspecified atom stereocenters. The Balaban J connectivity index is 1.51. The molecule has 0 radical (unpaired) electrons. The van der Waals surface area contributed by atoms with Crippen molar-refractivity contribution in [3.05, 3.63) is 79.0 Å². The van der Waals surface area contributed by atoms with Gasteiger partial charge in [-0.25, -0.2) is 9.37 Å². The third-order valence-electron chi connectivity index (χ3n) is 5.51. The lowest BCUT2D eigenvalue weighted by atomic mass is 10.0. The molecule has 0 aliphatic heterocycles. The highest BCUT2D eigenvalue weighted by atomic mass is 19.1. The maximum absolute atomic E-state index is 13.8. The lowest BCUT2D eigenvalue weighted by Crippen LogP contribution is -1.84. The van der Waals surface area contributed by atoms with Gasteiger partial charge in [-0.1, -0.05) is 24.3 Å². The molecule has 2 N–H and O–H groups in total. The van der Waals surface area contributed by atoms with E-state index in [9.17, 15) is 4.39 Å². The highest BCUT2D eigenvalue weighted by Gasteiger charge is 2.15. The number of fused-ring (bicyclic) bond motifs is 2. The van der Waals surface area contributed by atoms with Gasteiger partial charge in [-0.15, -0.1) is 0 Å². The van der Waals surface area contributed by atoms with Gasteiger partial charge in [0.15, 0.2) is 5.65 Å². The number of benzene rings is 2. The zero-order chi connectivity index (χ0) is 20.9. The summed E-state index contributed by atoms with van der Waals surface area (Å²) in [6.45, 7) is 0. The van der Waals surface area contributed by atoms with Crippen molar-refractivity contribution in [2.75, 3.05) is 0 Å². The molecule has 0 saturated carbocycles. The lowest BCUT2D eigenvalue weighted by molar-refractivity contribution is 0.628. The summed E-state index contributed by atoms with van der Waals surface area (Å²) in [6.07, 6.45) is 5.59. The molecule has 0 saturated heterocycles. The van der Waals surface area contributed by atoms with Crippen LogP contribution in [0.4, 0.5) is 4.39 Å². The fraction of sp³-hybridized carbons (Fsp3) is 0.0417. The van der Waals surface area contributed by atoms with Crippen LogP contribution >= 0.6 is 0 Å². The summed E-state index contributed by atoms with van der Waals surface area (Å²) in [5, 5.41) is 13.7. The molecular weight excluding hydrogens is 391 g/mol. The summed E-state index contributed by atoms with van der Waals surface area (Å²) in [4.78, 5) is 7.99. The van der Waals surface area contributed by atoms with Crippen LogP contribution in [0.2, 0.25) is 0 Å². The molecule has 0 aliphatic rings. The molecule has 4 heterocycles. The maximum Gasteiger partial charge on any atom is 0.155 e. The first-order chi connectivity index (χ1) is 15.2. The van der Waals surface area contributed by atoms with Gasteiger partial charge >= 0.3 is 0 Å².